The molecule has 0 aliphatic heterocycles. The van der Waals surface area contributed by atoms with Gasteiger partial charge in [-0.15, -0.1) is 10.2 Å². The van der Waals surface area contributed by atoms with Crippen LogP contribution in [0.3, 0.4) is 0 Å². The molecule has 0 unspecified atom stereocenters. The summed E-state index contributed by atoms with van der Waals surface area (Å²) in [6.45, 7) is 3.45. The molecule has 1 aromatic heterocycles. The Morgan fingerprint density at radius 1 is 1.09 bits per heavy atom. The standard InChI is InChI=1S/C17H22N4O2/c1-3-11-18-16-9-8-15(20-21-16)17(22)19-12-10-13-4-6-14(23-2)7-5-13/h4-9H,3,10-12H2,1-2H3,(H,18,21)(H,19,22). The summed E-state index contributed by atoms with van der Waals surface area (Å²) < 4.78 is 5.11. The molecule has 2 aromatic rings. The predicted molar refractivity (Wildman–Crippen MR) is 89.8 cm³/mol. The zero-order valence-electron chi connectivity index (χ0n) is 13.5. The number of ether oxygens (including phenoxy) is 1. The molecule has 0 aliphatic carbocycles. The minimum atomic E-state index is -0.215. The maximum Gasteiger partial charge on any atom is 0.271 e. The van der Waals surface area contributed by atoms with Gasteiger partial charge >= 0.3 is 0 Å². The molecule has 0 bridgehead atoms. The van der Waals surface area contributed by atoms with Crippen molar-refractivity contribution in [1.82, 2.24) is 15.5 Å². The van der Waals surface area contributed by atoms with E-state index in [1.807, 2.05) is 24.3 Å². The lowest BCUT2D eigenvalue weighted by Crippen LogP contribution is -2.26. The molecule has 1 amide bonds. The zero-order chi connectivity index (χ0) is 16.5. The second-order valence-electron chi connectivity index (χ2n) is 5.08. The van der Waals surface area contributed by atoms with Gasteiger partial charge < -0.3 is 15.4 Å². The lowest BCUT2D eigenvalue weighted by molar-refractivity contribution is 0.0948. The maximum absolute atomic E-state index is 12.0. The zero-order valence-corrected chi connectivity index (χ0v) is 13.5. The van der Waals surface area contributed by atoms with Crippen molar-refractivity contribution in [1.29, 1.82) is 0 Å². The highest BCUT2D eigenvalue weighted by Crippen LogP contribution is 2.11. The number of nitrogens with zero attached hydrogens (tertiary/aromatic N) is 2. The SMILES string of the molecule is CCCNc1ccc(C(=O)NCCc2ccc(OC)cc2)nn1. The number of hydrogen-bond acceptors (Lipinski definition) is 5. The molecule has 0 saturated heterocycles. The Morgan fingerprint density at radius 3 is 2.48 bits per heavy atom. The molecule has 2 N–H and O–H groups in total. The average Bonchev–Trinajstić information content (AvgIpc) is 2.61. The van der Waals surface area contributed by atoms with Crippen LogP contribution < -0.4 is 15.4 Å². The summed E-state index contributed by atoms with van der Waals surface area (Å²) in [5.41, 5.74) is 1.46. The number of aromatic nitrogens is 2. The van der Waals surface area contributed by atoms with Crippen LogP contribution in [0.2, 0.25) is 0 Å². The second kappa shape index (κ2) is 8.73. The van der Waals surface area contributed by atoms with E-state index in [1.54, 1.807) is 19.2 Å². The molecular formula is C17H22N4O2. The van der Waals surface area contributed by atoms with Crippen LogP contribution in [0.15, 0.2) is 36.4 Å². The fourth-order valence-electron chi connectivity index (χ4n) is 2.00. The lowest BCUT2D eigenvalue weighted by Gasteiger charge is -2.06. The van der Waals surface area contributed by atoms with Crippen molar-refractivity contribution >= 4 is 11.7 Å². The number of hydrogen-bond donors (Lipinski definition) is 2. The molecular weight excluding hydrogens is 292 g/mol. The smallest absolute Gasteiger partial charge is 0.271 e. The van der Waals surface area contributed by atoms with Gasteiger partial charge in [0.1, 0.15) is 11.6 Å². The van der Waals surface area contributed by atoms with E-state index in [0.29, 0.717) is 18.1 Å². The first-order valence-electron chi connectivity index (χ1n) is 7.71. The van der Waals surface area contributed by atoms with Gasteiger partial charge in [-0.1, -0.05) is 19.1 Å². The Kier molecular flexibility index (Phi) is 6.35. The van der Waals surface area contributed by atoms with Gasteiger partial charge in [0.15, 0.2) is 5.69 Å². The Balaban J connectivity index is 1.79. The van der Waals surface area contributed by atoms with E-state index in [9.17, 15) is 4.79 Å². The Hall–Kier alpha value is -2.63. The highest BCUT2D eigenvalue weighted by atomic mass is 16.5. The molecule has 0 aliphatic rings. The summed E-state index contributed by atoms with van der Waals surface area (Å²) in [7, 11) is 1.64. The third-order valence-electron chi connectivity index (χ3n) is 3.31. The fraction of sp³-hybridized carbons (Fsp3) is 0.353. The van der Waals surface area contributed by atoms with Gasteiger partial charge in [0.2, 0.25) is 0 Å². The summed E-state index contributed by atoms with van der Waals surface area (Å²) >= 11 is 0. The molecule has 2 rings (SSSR count). The van der Waals surface area contributed by atoms with E-state index in [2.05, 4.69) is 27.8 Å². The van der Waals surface area contributed by atoms with Crippen LogP contribution in [0.5, 0.6) is 5.75 Å². The van der Waals surface area contributed by atoms with Crippen LogP contribution in [0.1, 0.15) is 29.4 Å². The fourth-order valence-corrected chi connectivity index (χ4v) is 2.00. The van der Waals surface area contributed by atoms with Crippen LogP contribution in [-0.2, 0) is 6.42 Å². The first-order chi connectivity index (χ1) is 11.2. The van der Waals surface area contributed by atoms with Gasteiger partial charge in [-0.25, -0.2) is 0 Å². The number of benzene rings is 1. The number of nitrogens with one attached hydrogen (secondary N) is 2. The quantitative estimate of drug-likeness (QED) is 0.782. The Labute approximate surface area is 136 Å². The summed E-state index contributed by atoms with van der Waals surface area (Å²) in [5, 5.41) is 13.9. The normalized spacial score (nSPS) is 10.2. The van der Waals surface area contributed by atoms with Crippen LogP contribution >= 0.6 is 0 Å². The van der Waals surface area contributed by atoms with Crippen molar-refractivity contribution in [2.75, 3.05) is 25.5 Å². The average molecular weight is 314 g/mol. The molecule has 0 spiro atoms. The van der Waals surface area contributed by atoms with Gasteiger partial charge in [-0.05, 0) is 42.7 Å². The van der Waals surface area contributed by atoms with Crippen molar-refractivity contribution in [3.05, 3.63) is 47.7 Å². The molecule has 6 nitrogen and oxygen atoms in total. The molecule has 6 heteroatoms. The maximum atomic E-state index is 12.0. The minimum Gasteiger partial charge on any atom is -0.497 e. The van der Waals surface area contributed by atoms with Crippen molar-refractivity contribution < 1.29 is 9.53 Å². The van der Waals surface area contributed by atoms with Crippen molar-refractivity contribution in [3.8, 4) is 5.75 Å². The number of anilines is 1. The molecule has 0 fully saturated rings. The number of rotatable bonds is 8. The molecule has 23 heavy (non-hydrogen) atoms. The lowest BCUT2D eigenvalue weighted by atomic mass is 10.1. The molecule has 1 heterocycles. The van der Waals surface area contributed by atoms with Crippen molar-refractivity contribution in [2.45, 2.75) is 19.8 Å². The van der Waals surface area contributed by atoms with Crippen LogP contribution in [0, 0.1) is 0 Å². The van der Waals surface area contributed by atoms with Crippen molar-refractivity contribution in [3.63, 3.8) is 0 Å². The van der Waals surface area contributed by atoms with E-state index < -0.39 is 0 Å². The minimum absolute atomic E-state index is 0.215. The molecule has 0 radical (unpaired) electrons. The van der Waals surface area contributed by atoms with Gasteiger partial charge in [0.05, 0.1) is 7.11 Å². The van der Waals surface area contributed by atoms with Gasteiger partial charge in [-0.2, -0.15) is 0 Å². The summed E-state index contributed by atoms with van der Waals surface area (Å²) in [6, 6.07) is 11.2. The van der Waals surface area contributed by atoms with E-state index in [1.165, 1.54) is 0 Å². The highest BCUT2D eigenvalue weighted by molar-refractivity contribution is 5.92. The van der Waals surface area contributed by atoms with Gasteiger partial charge in [0.25, 0.3) is 5.91 Å². The summed E-state index contributed by atoms with van der Waals surface area (Å²) in [5.74, 6) is 1.29. The van der Waals surface area contributed by atoms with Crippen LogP contribution in [0.4, 0.5) is 5.82 Å². The first-order valence-corrected chi connectivity index (χ1v) is 7.71. The van der Waals surface area contributed by atoms with E-state index >= 15 is 0 Å². The van der Waals surface area contributed by atoms with Gasteiger partial charge in [0, 0.05) is 13.1 Å². The third-order valence-corrected chi connectivity index (χ3v) is 3.31. The number of carbonyl (C=O) groups excluding carboxylic acids is 1. The molecule has 0 saturated carbocycles. The summed E-state index contributed by atoms with van der Waals surface area (Å²) in [6.07, 6.45) is 1.76. The highest BCUT2D eigenvalue weighted by Gasteiger charge is 2.07. The Bertz CT molecular complexity index is 611. The van der Waals surface area contributed by atoms with Gasteiger partial charge in [-0.3, -0.25) is 4.79 Å². The van der Waals surface area contributed by atoms with Crippen LogP contribution in [-0.4, -0.2) is 36.3 Å². The predicted octanol–water partition coefficient (Wildman–Crippen LogP) is 2.28. The number of amides is 1. The van der Waals surface area contributed by atoms with Crippen LogP contribution in [0.25, 0.3) is 0 Å². The number of methoxy groups -OCH3 is 1. The van der Waals surface area contributed by atoms with E-state index in [-0.39, 0.29) is 5.91 Å². The Morgan fingerprint density at radius 2 is 1.87 bits per heavy atom. The van der Waals surface area contributed by atoms with E-state index in [4.69, 9.17) is 4.74 Å². The first kappa shape index (κ1) is 16.7. The molecule has 1 aromatic carbocycles. The van der Waals surface area contributed by atoms with Crippen molar-refractivity contribution in [2.24, 2.45) is 0 Å². The molecule has 122 valence electrons. The molecule has 0 atom stereocenters. The summed E-state index contributed by atoms with van der Waals surface area (Å²) in [4.78, 5) is 12.0. The largest absolute Gasteiger partial charge is 0.497 e. The number of carbonyl (C=O) groups is 1. The van der Waals surface area contributed by atoms with E-state index in [0.717, 1.165) is 30.7 Å². The monoisotopic (exact) mass is 314 g/mol. The third kappa shape index (κ3) is 5.25. The second-order valence-corrected chi connectivity index (χ2v) is 5.08. The topological polar surface area (TPSA) is 76.1 Å².